The molecule has 1 heterocycles. The van der Waals surface area contributed by atoms with Crippen LogP contribution in [0, 0.1) is 27.2 Å². The number of hydrogen-bond acceptors (Lipinski definition) is 9. The van der Waals surface area contributed by atoms with Crippen LogP contribution in [0.25, 0.3) is 6.08 Å². The minimum Gasteiger partial charge on any atom is -0.490 e. The van der Waals surface area contributed by atoms with Gasteiger partial charge in [0.2, 0.25) is 5.75 Å². The van der Waals surface area contributed by atoms with Crippen molar-refractivity contribution in [2.75, 3.05) is 11.5 Å². The zero-order chi connectivity index (χ0) is 30.0. The third-order valence-electron chi connectivity index (χ3n) is 5.79. The average Bonchev–Trinajstić information content (AvgIpc) is 2.90. The number of nitro benzene ring substituents is 2. The molecule has 1 fully saturated rings. The number of nitro groups is 2. The minimum atomic E-state index is -0.938. The average molecular weight is 646 g/mol. The molecule has 0 aliphatic carbocycles. The molecule has 0 radical (unpaired) electrons. The van der Waals surface area contributed by atoms with Crippen molar-refractivity contribution in [3.63, 3.8) is 0 Å². The number of amides is 4. The van der Waals surface area contributed by atoms with Crippen LogP contribution in [0.4, 0.5) is 21.9 Å². The van der Waals surface area contributed by atoms with Crippen molar-refractivity contribution in [1.82, 2.24) is 5.32 Å². The van der Waals surface area contributed by atoms with Crippen LogP contribution in [0.5, 0.6) is 17.2 Å². The maximum atomic E-state index is 13.3. The van der Waals surface area contributed by atoms with Crippen LogP contribution < -0.4 is 19.7 Å². The molecule has 15 heteroatoms. The van der Waals surface area contributed by atoms with E-state index in [1.807, 2.05) is 0 Å². The van der Waals surface area contributed by atoms with Gasteiger partial charge in [-0.05, 0) is 77.3 Å². The number of nitrogens with one attached hydrogen (secondary N) is 1. The Kier molecular flexibility index (Phi) is 8.35. The number of imide groups is 2. The van der Waals surface area contributed by atoms with Gasteiger partial charge in [0.05, 0.1) is 32.7 Å². The molecule has 4 amide bonds. The third-order valence-corrected chi connectivity index (χ3v) is 6.78. The summed E-state index contributed by atoms with van der Waals surface area (Å²) in [4.78, 5) is 60.5. The van der Waals surface area contributed by atoms with Crippen LogP contribution >= 0.6 is 27.5 Å². The number of ether oxygens (including phenoxy) is 2. The Labute approximate surface area is 244 Å². The number of benzene rings is 3. The second-order valence-electron chi connectivity index (χ2n) is 8.37. The second-order valence-corrected chi connectivity index (χ2v) is 9.63. The lowest BCUT2D eigenvalue weighted by Gasteiger charge is -2.27. The molecule has 0 spiro atoms. The van der Waals surface area contributed by atoms with Gasteiger partial charge in [0.25, 0.3) is 17.5 Å². The fourth-order valence-corrected chi connectivity index (χ4v) is 4.58. The van der Waals surface area contributed by atoms with Crippen molar-refractivity contribution in [2.24, 2.45) is 0 Å². The van der Waals surface area contributed by atoms with Crippen molar-refractivity contribution in [3.05, 3.63) is 95.0 Å². The van der Waals surface area contributed by atoms with Crippen LogP contribution in [-0.4, -0.2) is 34.3 Å². The predicted octanol–water partition coefficient (Wildman–Crippen LogP) is 6.08. The number of carbonyl (C=O) groups is 3. The summed E-state index contributed by atoms with van der Waals surface area (Å²) in [6.45, 7) is 3.44. The third kappa shape index (κ3) is 5.88. The van der Waals surface area contributed by atoms with E-state index in [-0.39, 0.29) is 45.2 Å². The van der Waals surface area contributed by atoms with Gasteiger partial charge < -0.3 is 9.47 Å². The molecule has 1 aliphatic rings. The lowest BCUT2D eigenvalue weighted by atomic mass is 10.1. The molecule has 0 saturated carbocycles. The van der Waals surface area contributed by atoms with Gasteiger partial charge in [-0.1, -0.05) is 17.7 Å². The largest absolute Gasteiger partial charge is 0.490 e. The summed E-state index contributed by atoms with van der Waals surface area (Å²) in [5.74, 6) is -2.03. The number of non-ortho nitro benzene ring substituents is 1. The Hall–Kier alpha value is -4.82. The van der Waals surface area contributed by atoms with E-state index in [1.165, 1.54) is 24.3 Å². The first-order chi connectivity index (χ1) is 19.4. The molecule has 0 aromatic heterocycles. The van der Waals surface area contributed by atoms with Gasteiger partial charge in [0, 0.05) is 11.1 Å². The molecule has 0 unspecified atom stereocenters. The van der Waals surface area contributed by atoms with Crippen molar-refractivity contribution in [2.45, 2.75) is 13.8 Å². The molecule has 0 bridgehead atoms. The highest BCUT2D eigenvalue weighted by Gasteiger charge is 2.37. The van der Waals surface area contributed by atoms with E-state index in [0.29, 0.717) is 10.6 Å². The van der Waals surface area contributed by atoms with Gasteiger partial charge in [0.15, 0.2) is 11.5 Å². The van der Waals surface area contributed by atoms with E-state index >= 15 is 0 Å². The lowest BCUT2D eigenvalue weighted by molar-refractivity contribution is -0.394. The first kappa shape index (κ1) is 29.2. The summed E-state index contributed by atoms with van der Waals surface area (Å²) in [7, 11) is 0. The number of barbiturate groups is 1. The Morgan fingerprint density at radius 2 is 1.78 bits per heavy atom. The topological polar surface area (TPSA) is 171 Å². The van der Waals surface area contributed by atoms with Gasteiger partial charge >= 0.3 is 11.7 Å². The quantitative estimate of drug-likeness (QED) is 0.132. The van der Waals surface area contributed by atoms with E-state index in [0.717, 1.165) is 23.1 Å². The van der Waals surface area contributed by atoms with Crippen LogP contribution in [0.15, 0.2) is 58.6 Å². The maximum Gasteiger partial charge on any atom is 0.335 e. The van der Waals surface area contributed by atoms with Crippen molar-refractivity contribution < 1.29 is 33.7 Å². The summed E-state index contributed by atoms with van der Waals surface area (Å²) < 4.78 is 11.6. The Balaban J connectivity index is 1.76. The van der Waals surface area contributed by atoms with Crippen LogP contribution in [0.3, 0.4) is 0 Å². The van der Waals surface area contributed by atoms with Gasteiger partial charge in [-0.15, -0.1) is 0 Å². The van der Waals surface area contributed by atoms with Crippen molar-refractivity contribution in [1.29, 1.82) is 0 Å². The number of halogens is 2. The van der Waals surface area contributed by atoms with E-state index < -0.39 is 39.1 Å². The Bertz CT molecular complexity index is 1670. The van der Waals surface area contributed by atoms with E-state index in [9.17, 15) is 34.6 Å². The number of anilines is 1. The van der Waals surface area contributed by atoms with Gasteiger partial charge in [-0.3, -0.25) is 35.1 Å². The minimum absolute atomic E-state index is 0.00303. The van der Waals surface area contributed by atoms with E-state index in [1.54, 1.807) is 26.0 Å². The highest BCUT2D eigenvalue weighted by atomic mass is 79.9. The van der Waals surface area contributed by atoms with Gasteiger partial charge in [-0.25, -0.2) is 9.69 Å². The first-order valence-electron chi connectivity index (χ1n) is 11.7. The predicted molar refractivity (Wildman–Crippen MR) is 150 cm³/mol. The molecular weight excluding hydrogens is 628 g/mol. The number of carbonyl (C=O) groups excluding carboxylic acids is 3. The van der Waals surface area contributed by atoms with Crippen LogP contribution in [0.2, 0.25) is 5.02 Å². The second kappa shape index (κ2) is 11.7. The first-order valence-corrected chi connectivity index (χ1v) is 12.8. The number of urea groups is 1. The monoisotopic (exact) mass is 644 g/mol. The van der Waals surface area contributed by atoms with Crippen molar-refractivity contribution in [3.8, 4) is 17.2 Å². The molecular formula is C26H18BrClN4O9. The molecule has 41 heavy (non-hydrogen) atoms. The van der Waals surface area contributed by atoms with Crippen LogP contribution in [-0.2, 0) is 9.59 Å². The highest BCUT2D eigenvalue weighted by Crippen LogP contribution is 2.43. The lowest BCUT2D eigenvalue weighted by Crippen LogP contribution is -2.54. The van der Waals surface area contributed by atoms with Gasteiger partial charge in [0.1, 0.15) is 5.57 Å². The van der Waals surface area contributed by atoms with E-state index in [4.69, 9.17) is 21.1 Å². The number of hydrogen-bond donors (Lipinski definition) is 1. The molecule has 4 rings (SSSR count). The SMILES string of the molecule is CCOc1cc(/C=C2\C(=O)NC(=O)N(c3cccc(Cl)c3C)C2=O)cc(Br)c1Oc1ccc([N+](=O)[O-])cc1[N+](=O)[O-]. The summed E-state index contributed by atoms with van der Waals surface area (Å²) in [6, 6.07) is 9.51. The number of rotatable bonds is 8. The number of nitrogens with zero attached hydrogens (tertiary/aromatic N) is 3. The molecule has 13 nitrogen and oxygen atoms in total. The van der Waals surface area contributed by atoms with E-state index in [2.05, 4.69) is 21.2 Å². The molecule has 0 atom stereocenters. The smallest absolute Gasteiger partial charge is 0.335 e. The Morgan fingerprint density at radius 1 is 1.05 bits per heavy atom. The summed E-state index contributed by atoms with van der Waals surface area (Å²) in [5, 5.41) is 25.1. The molecule has 3 aromatic carbocycles. The highest BCUT2D eigenvalue weighted by molar-refractivity contribution is 9.10. The summed E-state index contributed by atoms with van der Waals surface area (Å²) >= 11 is 9.48. The standard InChI is InChI=1S/C26H18BrClN4O9/c1-3-40-22-11-14(10-17(27)23(22)41-21-8-7-15(31(36)37)12-20(21)32(38)39)9-16-24(33)29-26(35)30(25(16)34)19-6-4-5-18(28)13(19)2/h4-12H,3H2,1-2H3,(H,29,33,35)/b16-9+. The Morgan fingerprint density at radius 3 is 2.44 bits per heavy atom. The fourth-order valence-electron chi connectivity index (χ4n) is 3.87. The summed E-state index contributed by atoms with van der Waals surface area (Å²) in [5.41, 5.74) is -0.576. The zero-order valence-corrected chi connectivity index (χ0v) is 23.5. The zero-order valence-electron chi connectivity index (χ0n) is 21.2. The maximum absolute atomic E-state index is 13.3. The van der Waals surface area contributed by atoms with Crippen LogP contribution in [0.1, 0.15) is 18.1 Å². The molecule has 3 aromatic rings. The normalized spacial score (nSPS) is 14.2. The molecule has 1 saturated heterocycles. The van der Waals surface area contributed by atoms with Gasteiger partial charge in [-0.2, -0.15) is 0 Å². The fraction of sp³-hybridized carbons (Fsp3) is 0.115. The summed E-state index contributed by atoms with van der Waals surface area (Å²) in [6.07, 6.45) is 1.24. The molecule has 1 N–H and O–H groups in total. The molecule has 210 valence electrons. The van der Waals surface area contributed by atoms with Crippen molar-refractivity contribution >= 4 is 68.5 Å². The molecule has 1 aliphatic heterocycles.